The van der Waals surface area contributed by atoms with Gasteiger partial charge in [0, 0.05) is 18.7 Å². The molecule has 16 heteroatoms. The highest BCUT2D eigenvalue weighted by atomic mass is 35.5. The quantitative estimate of drug-likeness (QED) is 0.331. The second kappa shape index (κ2) is 15.8. The zero-order valence-corrected chi connectivity index (χ0v) is 20.9. The highest BCUT2D eigenvalue weighted by Crippen LogP contribution is 2.25. The van der Waals surface area contributed by atoms with E-state index in [0.29, 0.717) is 51.7 Å². The van der Waals surface area contributed by atoms with Crippen LogP contribution in [0.25, 0.3) is 0 Å². The van der Waals surface area contributed by atoms with Crippen LogP contribution >= 0.6 is 23.2 Å². The van der Waals surface area contributed by atoms with Crippen molar-refractivity contribution >= 4 is 52.2 Å². The first-order valence-corrected chi connectivity index (χ1v) is 11.8. The van der Waals surface area contributed by atoms with E-state index in [1.54, 1.807) is 5.01 Å². The monoisotopic (exact) mass is 564 g/mol. The maximum absolute atomic E-state index is 13.7. The molecular formula is C21H24Cl2F2N6O6. The van der Waals surface area contributed by atoms with Gasteiger partial charge in [0.1, 0.15) is 0 Å². The molecule has 1 N–H and O–H groups in total. The summed E-state index contributed by atoms with van der Waals surface area (Å²) in [5.74, 6) is -1.29. The van der Waals surface area contributed by atoms with Gasteiger partial charge in [-0.15, -0.1) is 23.2 Å². The lowest BCUT2D eigenvalue weighted by atomic mass is 10.2. The van der Waals surface area contributed by atoms with E-state index in [1.165, 1.54) is 35.5 Å². The molecule has 0 bridgehead atoms. The molecule has 2 aliphatic rings. The lowest BCUT2D eigenvalue weighted by Gasteiger charge is -2.22. The number of nitrogens with zero attached hydrogens (tertiary/aromatic N) is 5. The average molecular weight is 565 g/mol. The Labute approximate surface area is 220 Å². The molecule has 0 amide bonds. The summed E-state index contributed by atoms with van der Waals surface area (Å²) in [7, 11) is 0. The first-order chi connectivity index (χ1) is 17.8. The normalized spacial score (nSPS) is 15.4. The largest absolute Gasteiger partial charge is 0.378 e. The van der Waals surface area contributed by atoms with Crippen LogP contribution in [0.5, 0.6) is 0 Å². The molecule has 0 unspecified atom stereocenters. The lowest BCUT2D eigenvalue weighted by Crippen LogP contribution is -2.39. The molecule has 2 aliphatic heterocycles. The Morgan fingerprint density at radius 3 is 2.05 bits per heavy atom. The first kappa shape index (κ1) is 30.1. The number of ether oxygens (including phenoxy) is 2. The first-order valence-electron chi connectivity index (χ1n) is 10.7. The van der Waals surface area contributed by atoms with Crippen LogP contribution in [0.15, 0.2) is 41.5 Å². The number of benzene rings is 2. The summed E-state index contributed by atoms with van der Waals surface area (Å²) in [5, 5.41) is 28.2. The van der Waals surface area contributed by atoms with Crippen molar-refractivity contribution in [1.82, 2.24) is 5.43 Å². The molecule has 4 rings (SSSR count). The Bertz CT molecular complexity index is 1080. The summed E-state index contributed by atoms with van der Waals surface area (Å²) in [6.45, 7) is 3.34. The second-order valence-electron chi connectivity index (χ2n) is 7.05. The summed E-state index contributed by atoms with van der Waals surface area (Å²) >= 11 is 9.53. The fraction of sp³-hybridized carbons (Fsp3) is 0.381. The molecule has 202 valence electrons. The third-order valence-electron chi connectivity index (χ3n) is 4.72. The molecule has 2 heterocycles. The number of nitrogens with one attached hydrogen (secondary N) is 1. The van der Waals surface area contributed by atoms with E-state index in [1.807, 2.05) is 0 Å². The Kier molecular flexibility index (Phi) is 12.9. The fourth-order valence-electron chi connectivity index (χ4n) is 3.10. The highest BCUT2D eigenvalue weighted by molar-refractivity contribution is 6.40. The zero-order valence-electron chi connectivity index (χ0n) is 19.4. The molecule has 2 aromatic carbocycles. The van der Waals surface area contributed by atoms with Crippen molar-refractivity contribution in [3.8, 4) is 0 Å². The van der Waals surface area contributed by atoms with Gasteiger partial charge in [0.15, 0.2) is 11.6 Å². The number of anilines is 2. The second-order valence-corrected chi connectivity index (χ2v) is 7.86. The van der Waals surface area contributed by atoms with Gasteiger partial charge in [-0.2, -0.15) is 5.10 Å². The van der Waals surface area contributed by atoms with E-state index in [9.17, 15) is 29.0 Å². The van der Waals surface area contributed by atoms with Crippen molar-refractivity contribution in [1.29, 1.82) is 0 Å². The van der Waals surface area contributed by atoms with Crippen LogP contribution in [0.3, 0.4) is 0 Å². The number of hydrogen-bond donors (Lipinski definition) is 1. The Hall–Kier alpha value is -3.17. The zero-order chi connectivity index (χ0) is 27.2. The predicted molar refractivity (Wildman–Crippen MR) is 136 cm³/mol. The number of alkyl halides is 2. The number of rotatable bonds is 4. The van der Waals surface area contributed by atoms with Gasteiger partial charge in [0.25, 0.3) is 11.4 Å². The Balaban J connectivity index is 0.000000235. The molecule has 0 aromatic heterocycles. The van der Waals surface area contributed by atoms with Crippen molar-refractivity contribution < 1.29 is 28.1 Å². The van der Waals surface area contributed by atoms with Gasteiger partial charge in [-0.05, 0) is 12.1 Å². The summed E-state index contributed by atoms with van der Waals surface area (Å²) in [4.78, 5) is 19.7. The van der Waals surface area contributed by atoms with Crippen LogP contribution in [-0.4, -0.2) is 67.5 Å². The van der Waals surface area contributed by atoms with E-state index in [4.69, 9.17) is 32.7 Å². The topological polar surface area (TPSA) is 136 Å². The molecule has 0 atom stereocenters. The SMILES string of the molecule is ClCCl.O=[N+]([O-])c1ccc(N2CCOCC=N2)c(F)c1.O=[N+]([O-])c1ccc(N2CCOCCN2)c(F)c1. The minimum atomic E-state index is -0.668. The minimum Gasteiger partial charge on any atom is -0.378 e. The van der Waals surface area contributed by atoms with Crippen molar-refractivity contribution in [3.63, 3.8) is 0 Å². The number of hydrazine groups is 1. The summed E-state index contributed by atoms with van der Waals surface area (Å²) in [5.41, 5.74) is 2.96. The Morgan fingerprint density at radius 2 is 1.49 bits per heavy atom. The van der Waals surface area contributed by atoms with Gasteiger partial charge < -0.3 is 14.5 Å². The van der Waals surface area contributed by atoms with E-state index in [2.05, 4.69) is 10.5 Å². The molecule has 0 radical (unpaired) electrons. The summed E-state index contributed by atoms with van der Waals surface area (Å²) < 4.78 is 37.7. The van der Waals surface area contributed by atoms with E-state index in [0.717, 1.165) is 12.1 Å². The molecule has 2 aromatic rings. The number of hydrogen-bond acceptors (Lipinski definition) is 10. The van der Waals surface area contributed by atoms with Crippen molar-refractivity contribution in [2.45, 2.75) is 0 Å². The number of non-ortho nitro benzene ring substituents is 2. The molecule has 1 fully saturated rings. The molecule has 0 saturated carbocycles. The van der Waals surface area contributed by atoms with Gasteiger partial charge in [-0.3, -0.25) is 25.2 Å². The standard InChI is InChI=1S/C10H12FN3O3.C10H10FN3O3.CH2Cl2/c2*11-9-7-8(14(15)16)1-2-10(9)13-4-6-17-5-3-12-13;2-1-3/h1-2,7,12H,3-6H2;1-3,7H,4-6H2;1H2. The van der Waals surface area contributed by atoms with Crippen LogP contribution < -0.4 is 15.4 Å². The van der Waals surface area contributed by atoms with Crippen molar-refractivity contribution in [2.24, 2.45) is 5.10 Å². The number of nitro groups is 2. The maximum Gasteiger partial charge on any atom is 0.272 e. The van der Waals surface area contributed by atoms with E-state index in [-0.39, 0.29) is 22.4 Å². The number of hydrazone groups is 1. The van der Waals surface area contributed by atoms with Gasteiger partial charge in [0.05, 0.1) is 84.4 Å². The predicted octanol–water partition coefficient (Wildman–Crippen LogP) is 4.05. The van der Waals surface area contributed by atoms with Crippen LogP contribution in [0.1, 0.15) is 0 Å². The number of nitro benzene ring substituents is 2. The fourth-order valence-corrected chi connectivity index (χ4v) is 3.10. The molecule has 0 aliphatic carbocycles. The van der Waals surface area contributed by atoms with Crippen LogP contribution in [-0.2, 0) is 9.47 Å². The van der Waals surface area contributed by atoms with Crippen molar-refractivity contribution in [3.05, 3.63) is 68.3 Å². The minimum absolute atomic E-state index is 0.194. The molecule has 37 heavy (non-hydrogen) atoms. The van der Waals surface area contributed by atoms with Crippen molar-refractivity contribution in [2.75, 3.05) is 61.4 Å². The number of halogens is 4. The molecule has 1 saturated heterocycles. The van der Waals surface area contributed by atoms with E-state index < -0.39 is 21.5 Å². The van der Waals surface area contributed by atoms with Crippen LogP contribution in [0.4, 0.5) is 31.5 Å². The molecule has 12 nitrogen and oxygen atoms in total. The van der Waals surface area contributed by atoms with Gasteiger partial charge >= 0.3 is 0 Å². The summed E-state index contributed by atoms with van der Waals surface area (Å²) in [6.07, 6.45) is 1.52. The highest BCUT2D eigenvalue weighted by Gasteiger charge is 2.17. The third-order valence-corrected chi connectivity index (χ3v) is 4.72. The maximum atomic E-state index is 13.7. The lowest BCUT2D eigenvalue weighted by molar-refractivity contribution is -0.385. The third kappa shape index (κ3) is 9.66. The smallest absolute Gasteiger partial charge is 0.272 e. The van der Waals surface area contributed by atoms with Gasteiger partial charge in [-0.1, -0.05) is 0 Å². The van der Waals surface area contributed by atoms with Gasteiger partial charge in [-0.25, -0.2) is 14.2 Å². The molecule has 0 spiro atoms. The average Bonchev–Trinajstić information content (AvgIpc) is 3.30. The van der Waals surface area contributed by atoms with Gasteiger partial charge in [0.2, 0.25) is 0 Å². The molecular weight excluding hydrogens is 541 g/mol. The summed E-state index contributed by atoms with van der Waals surface area (Å²) in [6, 6.07) is 7.08. The van der Waals surface area contributed by atoms with Crippen LogP contribution in [0.2, 0.25) is 0 Å². The van der Waals surface area contributed by atoms with Crippen LogP contribution in [0, 0.1) is 31.9 Å². The Morgan fingerprint density at radius 1 is 0.919 bits per heavy atom. The van der Waals surface area contributed by atoms with E-state index >= 15 is 0 Å².